The van der Waals surface area contributed by atoms with Crippen molar-refractivity contribution in [3.63, 3.8) is 0 Å². The molecule has 2 N–H and O–H groups in total. The van der Waals surface area contributed by atoms with Crippen LogP contribution < -0.4 is 10.6 Å². The monoisotopic (exact) mass is 404 g/mol. The van der Waals surface area contributed by atoms with Crippen LogP contribution in [0, 0.1) is 0 Å². The smallest absolute Gasteiger partial charge is 0.0555 e. The average Bonchev–Trinajstić information content (AvgIpc) is 2.73. The molecular weight excluding hydrogens is 380 g/mol. The second-order valence-electron chi connectivity index (χ2n) is 6.92. The van der Waals surface area contributed by atoms with Crippen LogP contribution in [0.4, 0.5) is 11.4 Å². The molecule has 0 bridgehead atoms. The fourth-order valence-corrected chi connectivity index (χ4v) is 4.12. The van der Waals surface area contributed by atoms with Crippen LogP contribution in [0.3, 0.4) is 0 Å². The summed E-state index contributed by atoms with van der Waals surface area (Å²) in [5, 5.41) is 12.1. The maximum atomic E-state index is 4.63. The Morgan fingerprint density at radius 2 is 0.964 bits per heavy atom. The van der Waals surface area contributed by atoms with Crippen molar-refractivity contribution >= 4 is 58.2 Å². The molecule has 0 atom stereocenters. The number of fused-ring (bicyclic) bond motifs is 2. The minimum absolute atomic E-state index is 0.923. The van der Waals surface area contributed by atoms with Gasteiger partial charge in [-0.25, -0.2) is 0 Å². The Labute approximate surface area is 177 Å². The van der Waals surface area contributed by atoms with Crippen molar-refractivity contribution in [2.45, 2.75) is 22.6 Å². The standard InChI is InChI=1S/C24H24N2S2/c27-21-13-11-17-7-1-3-9-19(17)23(21)25-15-5-6-16-26-24-20-10-4-2-8-18(20)12-14-22(24)28/h1-4,7-14,25-28H,5-6,15-16H2. The van der Waals surface area contributed by atoms with E-state index in [4.69, 9.17) is 0 Å². The fourth-order valence-electron chi connectivity index (χ4n) is 3.57. The highest BCUT2D eigenvalue weighted by Crippen LogP contribution is 2.31. The Kier molecular flexibility index (Phi) is 5.98. The topological polar surface area (TPSA) is 24.1 Å². The Bertz CT molecular complexity index is 1020. The van der Waals surface area contributed by atoms with Gasteiger partial charge in [-0.3, -0.25) is 0 Å². The summed E-state index contributed by atoms with van der Waals surface area (Å²) in [5.74, 6) is 0. The Morgan fingerprint density at radius 3 is 1.43 bits per heavy atom. The van der Waals surface area contributed by atoms with E-state index in [9.17, 15) is 0 Å². The molecule has 0 unspecified atom stereocenters. The van der Waals surface area contributed by atoms with Crippen molar-refractivity contribution in [1.82, 2.24) is 0 Å². The van der Waals surface area contributed by atoms with Crippen LogP contribution in [0.15, 0.2) is 82.6 Å². The first kappa shape index (κ1) is 19.0. The second kappa shape index (κ2) is 8.80. The highest BCUT2D eigenvalue weighted by atomic mass is 32.1. The van der Waals surface area contributed by atoms with E-state index < -0.39 is 0 Å². The molecule has 0 aromatic heterocycles. The number of rotatable bonds is 7. The van der Waals surface area contributed by atoms with Crippen LogP contribution in [0.2, 0.25) is 0 Å². The zero-order valence-corrected chi connectivity index (χ0v) is 17.4. The molecule has 142 valence electrons. The number of unbranched alkanes of at least 4 members (excludes halogenated alkanes) is 1. The van der Waals surface area contributed by atoms with E-state index >= 15 is 0 Å². The summed E-state index contributed by atoms with van der Waals surface area (Å²) < 4.78 is 0. The van der Waals surface area contributed by atoms with Crippen molar-refractivity contribution in [3.8, 4) is 0 Å². The van der Waals surface area contributed by atoms with Crippen molar-refractivity contribution < 1.29 is 0 Å². The van der Waals surface area contributed by atoms with Crippen LogP contribution in [0.5, 0.6) is 0 Å². The van der Waals surface area contributed by atoms with Gasteiger partial charge in [0.05, 0.1) is 11.4 Å². The maximum Gasteiger partial charge on any atom is 0.0555 e. The SMILES string of the molecule is Sc1ccc2ccccc2c1NCCCCNc1c(S)ccc2ccccc12. The van der Waals surface area contributed by atoms with Crippen molar-refractivity contribution in [2.24, 2.45) is 0 Å². The molecule has 2 nitrogen and oxygen atoms in total. The lowest BCUT2D eigenvalue weighted by molar-refractivity contribution is 0.794. The van der Waals surface area contributed by atoms with Gasteiger partial charge in [-0.15, -0.1) is 25.3 Å². The lowest BCUT2D eigenvalue weighted by atomic mass is 10.1. The lowest BCUT2D eigenvalue weighted by Crippen LogP contribution is -2.07. The van der Waals surface area contributed by atoms with Crippen LogP contribution >= 0.6 is 25.3 Å². The van der Waals surface area contributed by atoms with Gasteiger partial charge in [0.1, 0.15) is 0 Å². The second-order valence-corrected chi connectivity index (χ2v) is 7.89. The molecule has 0 fully saturated rings. The third-order valence-electron chi connectivity index (χ3n) is 5.02. The molecule has 0 aliphatic carbocycles. The molecule has 4 aromatic rings. The fraction of sp³-hybridized carbons (Fsp3) is 0.167. The minimum atomic E-state index is 0.923. The number of hydrogen-bond donors (Lipinski definition) is 4. The minimum Gasteiger partial charge on any atom is -0.384 e. The molecule has 4 heteroatoms. The quantitative estimate of drug-likeness (QED) is 0.199. The van der Waals surface area contributed by atoms with Gasteiger partial charge < -0.3 is 10.6 Å². The van der Waals surface area contributed by atoms with Gasteiger partial charge >= 0.3 is 0 Å². The lowest BCUT2D eigenvalue weighted by Gasteiger charge is -2.14. The summed E-state index contributed by atoms with van der Waals surface area (Å²) in [7, 11) is 0. The molecule has 0 aliphatic heterocycles. The molecule has 0 heterocycles. The molecule has 0 aliphatic rings. The van der Waals surface area contributed by atoms with E-state index in [0.717, 1.165) is 47.1 Å². The molecule has 4 rings (SSSR count). The van der Waals surface area contributed by atoms with Gasteiger partial charge in [0.15, 0.2) is 0 Å². The summed E-state index contributed by atoms with van der Waals surface area (Å²) in [5.41, 5.74) is 2.25. The van der Waals surface area contributed by atoms with Crippen molar-refractivity contribution in [3.05, 3.63) is 72.8 Å². The number of benzene rings is 4. The first-order valence-electron chi connectivity index (χ1n) is 9.63. The predicted octanol–water partition coefficient (Wildman–Crippen LogP) is 6.87. The van der Waals surface area contributed by atoms with E-state index in [1.165, 1.54) is 21.5 Å². The summed E-state index contributed by atoms with van der Waals surface area (Å²) in [6.07, 6.45) is 2.16. The van der Waals surface area contributed by atoms with Gasteiger partial charge in [-0.05, 0) is 35.7 Å². The number of nitrogens with one attached hydrogen (secondary N) is 2. The molecule has 0 saturated carbocycles. The van der Waals surface area contributed by atoms with Crippen LogP contribution in [-0.2, 0) is 0 Å². The van der Waals surface area contributed by atoms with Crippen molar-refractivity contribution in [1.29, 1.82) is 0 Å². The van der Waals surface area contributed by atoms with Crippen molar-refractivity contribution in [2.75, 3.05) is 23.7 Å². The predicted molar refractivity (Wildman–Crippen MR) is 129 cm³/mol. The number of thiol groups is 2. The van der Waals surface area contributed by atoms with Crippen LogP contribution in [0.25, 0.3) is 21.5 Å². The third-order valence-corrected chi connectivity index (χ3v) is 5.77. The van der Waals surface area contributed by atoms with E-state index in [2.05, 4.69) is 109 Å². The van der Waals surface area contributed by atoms with Gasteiger partial charge in [0.2, 0.25) is 0 Å². The molecule has 0 spiro atoms. The molecule has 0 amide bonds. The van der Waals surface area contributed by atoms with Gasteiger partial charge in [0, 0.05) is 33.7 Å². The molecule has 28 heavy (non-hydrogen) atoms. The van der Waals surface area contributed by atoms with E-state index in [0.29, 0.717) is 0 Å². The molecule has 4 aromatic carbocycles. The number of anilines is 2. The van der Waals surface area contributed by atoms with Gasteiger partial charge in [-0.1, -0.05) is 60.7 Å². The first-order chi connectivity index (χ1) is 13.7. The zero-order valence-electron chi connectivity index (χ0n) is 15.7. The highest BCUT2D eigenvalue weighted by Gasteiger charge is 2.06. The maximum absolute atomic E-state index is 4.63. The third kappa shape index (κ3) is 4.08. The summed E-state index contributed by atoms with van der Waals surface area (Å²) in [6.45, 7) is 1.85. The van der Waals surface area contributed by atoms with E-state index in [-0.39, 0.29) is 0 Å². The first-order valence-corrected chi connectivity index (χ1v) is 10.5. The summed E-state index contributed by atoms with van der Waals surface area (Å²) >= 11 is 9.25. The van der Waals surface area contributed by atoms with Gasteiger partial charge in [-0.2, -0.15) is 0 Å². The molecule has 0 saturated heterocycles. The summed E-state index contributed by atoms with van der Waals surface area (Å²) in [4.78, 5) is 1.99. The molecular formula is C24H24N2S2. The summed E-state index contributed by atoms with van der Waals surface area (Å²) in [6, 6.07) is 25.2. The average molecular weight is 405 g/mol. The Balaban J connectivity index is 1.33. The highest BCUT2D eigenvalue weighted by molar-refractivity contribution is 7.80. The normalized spacial score (nSPS) is 11.1. The van der Waals surface area contributed by atoms with Crippen LogP contribution in [-0.4, -0.2) is 13.1 Å². The van der Waals surface area contributed by atoms with E-state index in [1.54, 1.807) is 0 Å². The van der Waals surface area contributed by atoms with Crippen LogP contribution in [0.1, 0.15) is 12.8 Å². The zero-order chi connectivity index (χ0) is 19.3. The largest absolute Gasteiger partial charge is 0.384 e. The Morgan fingerprint density at radius 1 is 0.536 bits per heavy atom. The number of hydrogen-bond acceptors (Lipinski definition) is 4. The Hall–Kier alpha value is -2.30. The van der Waals surface area contributed by atoms with Gasteiger partial charge in [0.25, 0.3) is 0 Å². The molecule has 0 radical (unpaired) electrons. The van der Waals surface area contributed by atoms with E-state index in [1.807, 2.05) is 0 Å².